The van der Waals surface area contributed by atoms with Crippen LogP contribution in [-0.2, 0) is 9.16 Å². The third-order valence-electron chi connectivity index (χ3n) is 5.77. The number of nitrogens with zero attached hydrogens (tertiary/aromatic N) is 3. The molecule has 1 fully saturated rings. The van der Waals surface area contributed by atoms with Gasteiger partial charge in [-0.3, -0.25) is 4.90 Å². The number of rotatable bonds is 10. The molecule has 0 aromatic carbocycles. The molecule has 29 heavy (non-hydrogen) atoms. The lowest BCUT2D eigenvalue weighted by Crippen LogP contribution is -2.46. The quantitative estimate of drug-likeness (QED) is 0.429. The number of ether oxygens (including phenoxy) is 1. The van der Waals surface area contributed by atoms with Crippen LogP contribution < -0.4 is 5.73 Å². The van der Waals surface area contributed by atoms with Gasteiger partial charge in [-0.1, -0.05) is 51.5 Å². The summed E-state index contributed by atoms with van der Waals surface area (Å²) in [6, 6.07) is -0.159. The summed E-state index contributed by atoms with van der Waals surface area (Å²) in [5, 5.41) is 4.93. The Bertz CT molecular complexity index is 615. The minimum Gasteiger partial charge on any atom is -0.405 e. The largest absolute Gasteiger partial charge is 0.405 e. The first kappa shape index (κ1) is 24.8. The van der Waals surface area contributed by atoms with E-state index in [9.17, 15) is 0 Å². The Morgan fingerprint density at radius 1 is 1.24 bits per heavy atom. The fraction of sp³-hybridized carbons (Fsp3) is 0.900. The molecule has 0 radical (unpaired) electrons. The Morgan fingerprint density at radius 3 is 2.48 bits per heavy atom. The van der Waals surface area contributed by atoms with E-state index in [4.69, 9.17) is 19.4 Å². The molecule has 1 aliphatic heterocycles. The lowest BCUT2D eigenvalue weighted by molar-refractivity contribution is 0.0410. The Labute approximate surface area is 181 Å². The van der Waals surface area contributed by atoms with E-state index in [-0.39, 0.29) is 17.2 Å². The molecule has 1 unspecified atom stereocenters. The zero-order valence-electron chi connectivity index (χ0n) is 19.2. The molecule has 0 amide bonds. The van der Waals surface area contributed by atoms with Crippen molar-refractivity contribution in [1.29, 1.82) is 0 Å². The van der Waals surface area contributed by atoms with Crippen LogP contribution in [0.5, 0.6) is 0 Å². The van der Waals surface area contributed by atoms with Gasteiger partial charge >= 0.3 is 0 Å². The van der Waals surface area contributed by atoms with Gasteiger partial charge in [-0.2, -0.15) is 4.98 Å². The number of morpholine rings is 1. The molecule has 2 heterocycles. The lowest BCUT2D eigenvalue weighted by Gasteiger charge is -2.40. The molecule has 0 aliphatic carbocycles. The first-order chi connectivity index (χ1) is 13.5. The number of hydrogen-bond acceptors (Lipinski definition) is 8. The lowest BCUT2D eigenvalue weighted by atomic mass is 10.00. The molecular weight excluding hydrogens is 404 g/mol. The molecule has 2 atom stereocenters. The van der Waals surface area contributed by atoms with Crippen LogP contribution in [-0.4, -0.2) is 68.0 Å². The Kier molecular flexibility index (Phi) is 9.18. The van der Waals surface area contributed by atoms with Crippen LogP contribution in [0, 0.1) is 5.92 Å². The molecule has 1 aromatic rings. The summed E-state index contributed by atoms with van der Waals surface area (Å²) in [6.07, 6.45) is 0.517. The van der Waals surface area contributed by atoms with E-state index in [0.717, 1.165) is 45.0 Å². The molecule has 1 saturated heterocycles. The average molecular weight is 445 g/mol. The Morgan fingerprint density at radius 2 is 1.90 bits per heavy atom. The first-order valence-electron chi connectivity index (χ1n) is 10.7. The second-order valence-corrected chi connectivity index (χ2v) is 15.6. The van der Waals surface area contributed by atoms with Crippen LogP contribution >= 0.6 is 11.8 Å². The summed E-state index contributed by atoms with van der Waals surface area (Å²) in [7, 11) is -2.03. The van der Waals surface area contributed by atoms with Crippen molar-refractivity contribution in [3.63, 3.8) is 0 Å². The maximum Gasteiger partial charge on any atom is 0.285 e. The van der Waals surface area contributed by atoms with Crippen molar-refractivity contribution in [2.75, 3.05) is 38.6 Å². The molecular formula is C20H40N4O3SSi. The highest BCUT2D eigenvalue weighted by Gasteiger charge is 2.42. The normalized spacial score (nSPS) is 18.9. The molecule has 0 spiro atoms. The van der Waals surface area contributed by atoms with Crippen molar-refractivity contribution in [1.82, 2.24) is 15.0 Å². The molecule has 2 rings (SSSR count). The second-order valence-electron chi connectivity index (χ2n) is 9.81. The van der Waals surface area contributed by atoms with Gasteiger partial charge in [-0.05, 0) is 30.5 Å². The van der Waals surface area contributed by atoms with Gasteiger partial charge in [0.1, 0.15) is 6.10 Å². The predicted octanol–water partition coefficient (Wildman–Crippen LogP) is 3.93. The third-order valence-corrected chi connectivity index (χ3v) is 11.0. The summed E-state index contributed by atoms with van der Waals surface area (Å²) in [6.45, 7) is 20.1. The van der Waals surface area contributed by atoms with Crippen molar-refractivity contribution < 1.29 is 13.7 Å². The predicted molar refractivity (Wildman–Crippen MR) is 121 cm³/mol. The Hall–Kier alpha value is -0.453. The van der Waals surface area contributed by atoms with Crippen molar-refractivity contribution in [3.8, 4) is 0 Å². The van der Waals surface area contributed by atoms with Gasteiger partial charge in [-0.25, -0.2) is 0 Å². The summed E-state index contributed by atoms with van der Waals surface area (Å²) in [5.74, 6) is 1.97. The Balaban J connectivity index is 2.04. The summed E-state index contributed by atoms with van der Waals surface area (Å²) in [4.78, 5) is 7.05. The number of hydrogen-bond donors (Lipinski definition) is 1. The number of thioether (sulfide) groups is 1. The smallest absolute Gasteiger partial charge is 0.285 e. The maximum absolute atomic E-state index is 6.66. The van der Waals surface area contributed by atoms with Gasteiger partial charge in [0.25, 0.3) is 5.22 Å². The van der Waals surface area contributed by atoms with Gasteiger partial charge in [0.15, 0.2) is 8.32 Å². The highest BCUT2D eigenvalue weighted by molar-refractivity contribution is 7.99. The molecule has 1 aromatic heterocycles. The minimum atomic E-state index is -2.03. The number of aromatic nitrogens is 2. The van der Waals surface area contributed by atoms with Crippen LogP contribution in [0.4, 0.5) is 0 Å². The topological polar surface area (TPSA) is 86.6 Å². The molecule has 0 saturated carbocycles. The standard InChI is InChI=1S/C20H40N4O3SSi/c1-15(2)14-16(21)17(27-29(6,7)20(3,4)5)18-22-19(26-23-18)28-13-10-24-8-11-25-12-9-24/h15-17H,8-14,21H2,1-7H3/t16-,17?/m0/s1. The van der Waals surface area contributed by atoms with Crippen molar-refractivity contribution in [3.05, 3.63) is 5.82 Å². The maximum atomic E-state index is 6.66. The van der Waals surface area contributed by atoms with Crippen molar-refractivity contribution in [2.24, 2.45) is 11.7 Å². The summed E-state index contributed by atoms with van der Waals surface area (Å²) >= 11 is 1.59. The second kappa shape index (κ2) is 10.7. The highest BCUT2D eigenvalue weighted by Crippen LogP contribution is 2.40. The highest BCUT2D eigenvalue weighted by atomic mass is 32.2. The molecule has 9 heteroatoms. The van der Waals surface area contributed by atoms with Gasteiger partial charge in [0, 0.05) is 31.4 Å². The van der Waals surface area contributed by atoms with E-state index in [2.05, 4.69) is 62.8 Å². The summed E-state index contributed by atoms with van der Waals surface area (Å²) < 4.78 is 17.6. The summed E-state index contributed by atoms with van der Waals surface area (Å²) in [5.41, 5.74) is 6.56. The van der Waals surface area contributed by atoms with Gasteiger partial charge in [0.05, 0.1) is 13.2 Å². The van der Waals surface area contributed by atoms with Gasteiger partial charge in [-0.15, -0.1) is 0 Å². The van der Waals surface area contributed by atoms with E-state index < -0.39 is 8.32 Å². The van der Waals surface area contributed by atoms with E-state index in [1.54, 1.807) is 11.8 Å². The molecule has 0 bridgehead atoms. The van der Waals surface area contributed by atoms with Crippen LogP contribution in [0.25, 0.3) is 0 Å². The monoisotopic (exact) mass is 444 g/mol. The SMILES string of the molecule is CC(C)C[C@H](N)C(O[Si](C)(C)C(C)(C)C)c1noc(SCCN2CCOCC2)n1. The van der Waals surface area contributed by atoms with Gasteiger partial charge < -0.3 is 19.4 Å². The van der Waals surface area contributed by atoms with Crippen molar-refractivity contribution in [2.45, 2.75) is 76.5 Å². The fourth-order valence-electron chi connectivity index (χ4n) is 2.97. The number of nitrogens with two attached hydrogens (primary N) is 1. The minimum absolute atomic E-state index is 0.0856. The molecule has 7 nitrogen and oxygen atoms in total. The van der Waals surface area contributed by atoms with E-state index in [1.807, 2.05) is 0 Å². The van der Waals surface area contributed by atoms with Crippen LogP contribution in [0.15, 0.2) is 9.75 Å². The zero-order valence-corrected chi connectivity index (χ0v) is 21.1. The molecule has 168 valence electrons. The molecule has 1 aliphatic rings. The van der Waals surface area contributed by atoms with Crippen LogP contribution in [0.1, 0.15) is 53.0 Å². The average Bonchev–Trinajstić information content (AvgIpc) is 3.07. The van der Waals surface area contributed by atoms with Crippen molar-refractivity contribution >= 4 is 20.1 Å². The fourth-order valence-corrected chi connectivity index (χ4v) is 5.02. The van der Waals surface area contributed by atoms with Crippen LogP contribution in [0.2, 0.25) is 18.1 Å². The van der Waals surface area contributed by atoms with Gasteiger partial charge in [0.2, 0.25) is 5.82 Å². The zero-order chi connectivity index (χ0) is 21.7. The van der Waals surface area contributed by atoms with Crippen LogP contribution in [0.3, 0.4) is 0 Å². The van der Waals surface area contributed by atoms with E-state index in [1.165, 1.54) is 0 Å². The third kappa shape index (κ3) is 7.63. The first-order valence-corrected chi connectivity index (χ1v) is 14.6. The molecule has 2 N–H and O–H groups in total. The van der Waals surface area contributed by atoms with E-state index >= 15 is 0 Å². The van der Waals surface area contributed by atoms with E-state index in [0.29, 0.717) is 17.0 Å².